The highest BCUT2D eigenvalue weighted by molar-refractivity contribution is 6.27. The molecule has 11 rings (SSSR count). The number of rotatable bonds is 3. The molecule has 0 atom stereocenters. The fourth-order valence-corrected chi connectivity index (χ4v) is 7.80. The molecule has 0 radical (unpaired) electrons. The standard InChI is InChI=1S/C44H26N4O/c1-2-14-30(15-3-1)47-36-21-10-18-33(39(36)40-32-17-11-23-38-42(32)48(44(40)47)35-20-8-9-22-37(35)49-38)43-45-34-19-7-6-16-31(34)41(46-43)29-25-24-27-12-4-5-13-28(27)26-29/h1-26H. The lowest BCUT2D eigenvalue weighted by Gasteiger charge is -2.21. The van der Waals surface area contributed by atoms with E-state index in [9.17, 15) is 0 Å². The van der Waals surface area contributed by atoms with Gasteiger partial charge in [0.25, 0.3) is 0 Å². The van der Waals surface area contributed by atoms with Crippen molar-refractivity contribution in [2.75, 3.05) is 0 Å². The maximum atomic E-state index is 6.51. The Morgan fingerprint density at radius 2 is 1.27 bits per heavy atom. The molecule has 7 aromatic carbocycles. The summed E-state index contributed by atoms with van der Waals surface area (Å²) in [5, 5.41) is 6.81. The van der Waals surface area contributed by atoms with E-state index in [-0.39, 0.29) is 0 Å². The Morgan fingerprint density at radius 1 is 0.510 bits per heavy atom. The second kappa shape index (κ2) is 9.89. The van der Waals surface area contributed by atoms with E-state index in [1.165, 1.54) is 10.8 Å². The number of hydrogen-bond acceptors (Lipinski definition) is 3. The van der Waals surface area contributed by atoms with Gasteiger partial charge in [-0.05, 0) is 59.3 Å². The highest BCUT2D eigenvalue weighted by atomic mass is 16.5. The van der Waals surface area contributed by atoms with Gasteiger partial charge in [0.1, 0.15) is 5.65 Å². The van der Waals surface area contributed by atoms with Gasteiger partial charge < -0.3 is 4.74 Å². The third-order valence-electron chi connectivity index (χ3n) is 9.88. The van der Waals surface area contributed by atoms with Gasteiger partial charge in [-0.3, -0.25) is 9.13 Å². The van der Waals surface area contributed by atoms with Gasteiger partial charge in [-0.2, -0.15) is 0 Å². The molecule has 228 valence electrons. The first-order valence-electron chi connectivity index (χ1n) is 16.5. The molecule has 0 N–H and O–H groups in total. The highest BCUT2D eigenvalue weighted by Gasteiger charge is 2.30. The summed E-state index contributed by atoms with van der Waals surface area (Å²) in [5.74, 6) is 2.38. The zero-order valence-corrected chi connectivity index (χ0v) is 26.2. The highest BCUT2D eigenvalue weighted by Crippen LogP contribution is 2.50. The third-order valence-corrected chi connectivity index (χ3v) is 9.88. The van der Waals surface area contributed by atoms with Crippen LogP contribution in [0.1, 0.15) is 0 Å². The summed E-state index contributed by atoms with van der Waals surface area (Å²) in [6.45, 7) is 0. The van der Waals surface area contributed by atoms with Crippen molar-refractivity contribution in [3.8, 4) is 45.5 Å². The predicted molar refractivity (Wildman–Crippen MR) is 199 cm³/mol. The Bertz CT molecular complexity index is 2970. The molecule has 0 aliphatic carbocycles. The Morgan fingerprint density at radius 3 is 2.20 bits per heavy atom. The van der Waals surface area contributed by atoms with Crippen LogP contribution in [0.15, 0.2) is 158 Å². The van der Waals surface area contributed by atoms with Crippen LogP contribution in [0.2, 0.25) is 0 Å². The number of hydrogen-bond donors (Lipinski definition) is 0. The summed E-state index contributed by atoms with van der Waals surface area (Å²) in [6, 6.07) is 55.2. The zero-order valence-electron chi connectivity index (χ0n) is 26.2. The van der Waals surface area contributed by atoms with Crippen LogP contribution in [0.3, 0.4) is 0 Å². The van der Waals surface area contributed by atoms with Crippen molar-refractivity contribution in [3.05, 3.63) is 158 Å². The van der Waals surface area contributed by atoms with E-state index in [0.29, 0.717) is 5.82 Å². The van der Waals surface area contributed by atoms with Gasteiger partial charge in [-0.25, -0.2) is 9.97 Å². The Kier molecular flexibility index (Phi) is 5.32. The minimum atomic E-state index is 0.697. The number of nitrogens with zero attached hydrogens (tertiary/aromatic N) is 4. The van der Waals surface area contributed by atoms with Gasteiger partial charge in [0.05, 0.1) is 27.9 Å². The van der Waals surface area contributed by atoms with Gasteiger partial charge in [0.15, 0.2) is 17.3 Å². The lowest BCUT2D eigenvalue weighted by Crippen LogP contribution is -2.06. The molecular formula is C44H26N4O. The first kappa shape index (κ1) is 26.4. The predicted octanol–water partition coefficient (Wildman–Crippen LogP) is 11.3. The molecular weight excluding hydrogens is 601 g/mol. The van der Waals surface area contributed by atoms with Crippen LogP contribution in [0.4, 0.5) is 0 Å². The number of para-hydroxylation sites is 5. The summed E-state index contributed by atoms with van der Waals surface area (Å²) in [7, 11) is 0. The van der Waals surface area contributed by atoms with Crippen molar-refractivity contribution < 1.29 is 4.74 Å². The molecule has 0 fully saturated rings. The molecule has 1 aliphatic rings. The van der Waals surface area contributed by atoms with Crippen LogP contribution in [-0.4, -0.2) is 19.1 Å². The smallest absolute Gasteiger partial charge is 0.161 e. The van der Waals surface area contributed by atoms with Crippen molar-refractivity contribution in [1.82, 2.24) is 19.1 Å². The first-order chi connectivity index (χ1) is 24.3. The Hall–Kier alpha value is -6.72. The molecule has 0 unspecified atom stereocenters. The molecule has 0 saturated carbocycles. The van der Waals surface area contributed by atoms with Gasteiger partial charge in [-0.1, -0.05) is 109 Å². The summed E-state index contributed by atoms with van der Waals surface area (Å²) in [6.07, 6.45) is 0. The van der Waals surface area contributed by atoms with E-state index >= 15 is 0 Å². The quantitative estimate of drug-likeness (QED) is 0.196. The van der Waals surface area contributed by atoms with E-state index in [1.807, 2.05) is 12.1 Å². The molecule has 0 saturated heterocycles. The second-order valence-electron chi connectivity index (χ2n) is 12.6. The molecule has 0 spiro atoms. The largest absolute Gasteiger partial charge is 0.453 e. The second-order valence-corrected chi connectivity index (χ2v) is 12.6. The molecule has 49 heavy (non-hydrogen) atoms. The van der Waals surface area contributed by atoms with Crippen molar-refractivity contribution in [1.29, 1.82) is 0 Å². The fraction of sp³-hybridized carbons (Fsp3) is 0. The summed E-state index contributed by atoms with van der Waals surface area (Å²) < 4.78 is 11.3. The molecule has 10 aromatic rings. The average molecular weight is 627 g/mol. The maximum Gasteiger partial charge on any atom is 0.161 e. The average Bonchev–Trinajstić information content (AvgIpc) is 3.69. The number of ether oxygens (including phenoxy) is 1. The minimum absolute atomic E-state index is 0.697. The monoisotopic (exact) mass is 626 g/mol. The molecule has 0 amide bonds. The summed E-state index contributed by atoms with van der Waals surface area (Å²) >= 11 is 0. The number of aromatic nitrogens is 4. The summed E-state index contributed by atoms with van der Waals surface area (Å²) in [4.78, 5) is 10.7. The number of benzene rings is 7. The molecule has 3 aromatic heterocycles. The van der Waals surface area contributed by atoms with E-state index in [1.54, 1.807) is 0 Å². The topological polar surface area (TPSA) is 44.9 Å². The van der Waals surface area contributed by atoms with Crippen molar-refractivity contribution in [3.63, 3.8) is 0 Å². The van der Waals surface area contributed by atoms with Gasteiger partial charge in [-0.15, -0.1) is 0 Å². The van der Waals surface area contributed by atoms with E-state index in [4.69, 9.17) is 14.7 Å². The molecule has 0 bridgehead atoms. The van der Waals surface area contributed by atoms with Crippen LogP contribution in [0.25, 0.3) is 88.5 Å². The molecule has 5 nitrogen and oxygen atoms in total. The zero-order chi connectivity index (χ0) is 32.1. The van der Waals surface area contributed by atoms with Crippen LogP contribution in [-0.2, 0) is 0 Å². The normalized spacial score (nSPS) is 12.2. The van der Waals surface area contributed by atoms with Crippen molar-refractivity contribution in [2.45, 2.75) is 0 Å². The lowest BCUT2D eigenvalue weighted by atomic mass is 10.0. The maximum absolute atomic E-state index is 6.51. The van der Waals surface area contributed by atoms with E-state index < -0.39 is 0 Å². The van der Waals surface area contributed by atoms with E-state index in [0.717, 1.165) is 83.4 Å². The fourth-order valence-electron chi connectivity index (χ4n) is 7.80. The Balaban J connectivity index is 1.29. The summed E-state index contributed by atoms with van der Waals surface area (Å²) in [5.41, 5.74) is 9.23. The molecule has 1 aliphatic heterocycles. The minimum Gasteiger partial charge on any atom is -0.453 e. The number of fused-ring (bicyclic) bond motifs is 9. The van der Waals surface area contributed by atoms with Crippen molar-refractivity contribution in [2.24, 2.45) is 0 Å². The van der Waals surface area contributed by atoms with Gasteiger partial charge >= 0.3 is 0 Å². The van der Waals surface area contributed by atoms with Crippen LogP contribution in [0, 0.1) is 0 Å². The molecule has 4 heterocycles. The SMILES string of the molecule is c1ccc(-n2c3cccc(-c4nc(-c5ccc6ccccc6c5)c5ccccc5n4)c3c3c4cccc5c4n(c32)-c2ccccc2O5)cc1. The van der Waals surface area contributed by atoms with Crippen LogP contribution in [0.5, 0.6) is 11.5 Å². The lowest BCUT2D eigenvalue weighted by molar-refractivity contribution is 0.476. The molecule has 5 heteroatoms. The van der Waals surface area contributed by atoms with Crippen molar-refractivity contribution >= 4 is 54.5 Å². The van der Waals surface area contributed by atoms with Crippen LogP contribution >= 0.6 is 0 Å². The third kappa shape index (κ3) is 3.70. The van der Waals surface area contributed by atoms with Gasteiger partial charge in [0, 0.05) is 38.4 Å². The van der Waals surface area contributed by atoms with Gasteiger partial charge in [0.2, 0.25) is 0 Å². The first-order valence-corrected chi connectivity index (χ1v) is 16.5. The van der Waals surface area contributed by atoms with E-state index in [2.05, 4.69) is 155 Å². The van der Waals surface area contributed by atoms with Crippen LogP contribution < -0.4 is 4.74 Å². The Labute approximate surface area is 280 Å².